The molecule has 134 valence electrons. The minimum Gasteiger partial charge on any atom is -0.497 e. The Hall–Kier alpha value is -2.49. The normalized spacial score (nSPS) is 11.6. The highest BCUT2D eigenvalue weighted by Crippen LogP contribution is 2.15. The summed E-state index contributed by atoms with van der Waals surface area (Å²) in [6, 6.07) is 15.8. The number of methoxy groups -OCH3 is 1. The molecule has 0 saturated heterocycles. The first-order chi connectivity index (χ1) is 12.1. The van der Waals surface area contributed by atoms with Crippen molar-refractivity contribution in [3.63, 3.8) is 0 Å². The zero-order valence-electron chi connectivity index (χ0n) is 15.2. The number of carbonyl (C=O) groups excluding carboxylic acids is 1. The van der Waals surface area contributed by atoms with E-state index in [1.54, 1.807) is 7.11 Å². The van der Waals surface area contributed by atoms with E-state index in [-0.39, 0.29) is 5.91 Å². The fourth-order valence-corrected chi connectivity index (χ4v) is 2.55. The highest BCUT2D eigenvalue weighted by atomic mass is 16.5. The highest BCUT2D eigenvalue weighted by Gasteiger charge is 2.17. The van der Waals surface area contributed by atoms with Crippen molar-refractivity contribution in [2.24, 2.45) is 0 Å². The maximum atomic E-state index is 12.3. The van der Waals surface area contributed by atoms with Gasteiger partial charge in [0.2, 0.25) is 0 Å². The molecule has 0 radical (unpaired) electrons. The van der Waals surface area contributed by atoms with E-state index in [9.17, 15) is 4.79 Å². The number of benzene rings is 2. The summed E-state index contributed by atoms with van der Waals surface area (Å²) in [5.74, 6) is 1.52. The first kappa shape index (κ1) is 18.8. The van der Waals surface area contributed by atoms with E-state index in [0.717, 1.165) is 24.3 Å². The van der Waals surface area contributed by atoms with Gasteiger partial charge < -0.3 is 14.8 Å². The lowest BCUT2D eigenvalue weighted by molar-refractivity contribution is -0.128. The molecule has 0 spiro atoms. The largest absolute Gasteiger partial charge is 0.497 e. The van der Waals surface area contributed by atoms with Gasteiger partial charge in [0.1, 0.15) is 11.5 Å². The Labute approximate surface area is 150 Å². The van der Waals surface area contributed by atoms with Gasteiger partial charge in [0.15, 0.2) is 6.10 Å². The maximum Gasteiger partial charge on any atom is 0.261 e. The van der Waals surface area contributed by atoms with E-state index in [1.807, 2.05) is 56.3 Å². The van der Waals surface area contributed by atoms with Crippen LogP contribution in [0.4, 0.5) is 0 Å². The minimum absolute atomic E-state index is 0.0614. The number of carbonyl (C=O) groups is 1. The molecule has 0 unspecified atom stereocenters. The molecule has 0 saturated carbocycles. The highest BCUT2D eigenvalue weighted by molar-refractivity contribution is 5.81. The number of nitrogens with one attached hydrogen (secondary N) is 1. The van der Waals surface area contributed by atoms with Crippen molar-refractivity contribution in [2.75, 3.05) is 13.7 Å². The van der Waals surface area contributed by atoms with Crippen LogP contribution < -0.4 is 14.8 Å². The smallest absolute Gasteiger partial charge is 0.261 e. The van der Waals surface area contributed by atoms with Gasteiger partial charge in [-0.05, 0) is 56.0 Å². The molecule has 0 heterocycles. The summed E-state index contributed by atoms with van der Waals surface area (Å²) in [5, 5.41) is 2.97. The average Bonchev–Trinajstić information content (AvgIpc) is 2.64. The van der Waals surface area contributed by atoms with E-state index >= 15 is 0 Å². The molecular weight excluding hydrogens is 314 g/mol. The molecule has 0 aliphatic rings. The molecule has 1 N–H and O–H groups in total. The summed E-state index contributed by atoms with van der Waals surface area (Å²) in [7, 11) is 1.66. The van der Waals surface area contributed by atoms with Crippen molar-refractivity contribution in [1.29, 1.82) is 0 Å². The fourth-order valence-electron chi connectivity index (χ4n) is 2.55. The van der Waals surface area contributed by atoms with Crippen LogP contribution >= 0.6 is 0 Å². The second-order valence-corrected chi connectivity index (χ2v) is 6.07. The van der Waals surface area contributed by atoms with Gasteiger partial charge >= 0.3 is 0 Å². The molecule has 0 aliphatic carbocycles. The van der Waals surface area contributed by atoms with Crippen LogP contribution in [-0.4, -0.2) is 25.7 Å². The number of aryl methyl sites for hydroxylation is 2. The molecular formula is C21H27NO3. The predicted octanol–water partition coefficient (Wildman–Crippen LogP) is 3.91. The zero-order valence-corrected chi connectivity index (χ0v) is 15.2. The number of hydrogen-bond donors (Lipinski definition) is 1. The SMILES string of the molecule is CC[C@H](Oc1ccc(C)cc1)C(=O)NCCCc1cccc(OC)c1. The van der Waals surface area contributed by atoms with Crippen LogP contribution in [0, 0.1) is 6.92 Å². The second-order valence-electron chi connectivity index (χ2n) is 6.07. The molecule has 0 aliphatic heterocycles. The third-order valence-electron chi connectivity index (χ3n) is 4.04. The topological polar surface area (TPSA) is 47.6 Å². The summed E-state index contributed by atoms with van der Waals surface area (Å²) < 4.78 is 11.0. The molecule has 4 nitrogen and oxygen atoms in total. The van der Waals surface area contributed by atoms with E-state index in [4.69, 9.17) is 9.47 Å². The quantitative estimate of drug-likeness (QED) is 0.704. The van der Waals surface area contributed by atoms with Gasteiger partial charge in [0.25, 0.3) is 5.91 Å². The predicted molar refractivity (Wildman–Crippen MR) is 100 cm³/mol. The van der Waals surface area contributed by atoms with Gasteiger partial charge in [-0.15, -0.1) is 0 Å². The lowest BCUT2D eigenvalue weighted by Gasteiger charge is -2.17. The molecule has 1 atom stereocenters. The van der Waals surface area contributed by atoms with E-state index < -0.39 is 6.10 Å². The third kappa shape index (κ3) is 6.14. The monoisotopic (exact) mass is 341 g/mol. The molecule has 2 rings (SSSR count). The molecule has 2 aromatic rings. The van der Waals surface area contributed by atoms with Crippen LogP contribution in [0.1, 0.15) is 30.9 Å². The summed E-state index contributed by atoms with van der Waals surface area (Å²) >= 11 is 0. The first-order valence-corrected chi connectivity index (χ1v) is 8.76. The van der Waals surface area contributed by atoms with E-state index in [0.29, 0.717) is 13.0 Å². The second kappa shape index (κ2) is 9.72. The summed E-state index contributed by atoms with van der Waals surface area (Å²) in [5.41, 5.74) is 2.37. The molecule has 25 heavy (non-hydrogen) atoms. The number of ether oxygens (including phenoxy) is 2. The molecule has 0 aromatic heterocycles. The Kier molecular flexibility index (Phi) is 7.33. The third-order valence-corrected chi connectivity index (χ3v) is 4.04. The van der Waals surface area contributed by atoms with Gasteiger partial charge in [-0.2, -0.15) is 0 Å². The summed E-state index contributed by atoms with van der Waals surface area (Å²) in [6.45, 7) is 4.61. The minimum atomic E-state index is -0.459. The lowest BCUT2D eigenvalue weighted by Crippen LogP contribution is -2.38. The molecule has 1 amide bonds. The van der Waals surface area contributed by atoms with Crippen LogP contribution in [0.15, 0.2) is 48.5 Å². The Morgan fingerprint density at radius 2 is 1.88 bits per heavy atom. The Balaban J connectivity index is 1.76. The van der Waals surface area contributed by atoms with Crippen molar-refractivity contribution < 1.29 is 14.3 Å². The van der Waals surface area contributed by atoms with E-state index in [2.05, 4.69) is 11.4 Å². The van der Waals surface area contributed by atoms with Crippen molar-refractivity contribution in [1.82, 2.24) is 5.32 Å². The standard InChI is InChI=1S/C21H27NO3/c1-4-20(25-18-12-10-16(2)11-13-18)21(23)22-14-6-8-17-7-5-9-19(15-17)24-3/h5,7,9-13,15,20H,4,6,8,14H2,1-3H3,(H,22,23)/t20-/m0/s1. The average molecular weight is 341 g/mol. The first-order valence-electron chi connectivity index (χ1n) is 8.76. The van der Waals surface area contributed by atoms with Crippen LogP contribution in [0.25, 0.3) is 0 Å². The fraction of sp³-hybridized carbons (Fsp3) is 0.381. The molecule has 0 fully saturated rings. The maximum absolute atomic E-state index is 12.3. The summed E-state index contributed by atoms with van der Waals surface area (Å²) in [6.07, 6.45) is 1.95. The van der Waals surface area contributed by atoms with Gasteiger partial charge in [0, 0.05) is 6.54 Å². The van der Waals surface area contributed by atoms with Gasteiger partial charge in [0.05, 0.1) is 7.11 Å². The van der Waals surface area contributed by atoms with Gasteiger partial charge in [-0.1, -0.05) is 36.8 Å². The van der Waals surface area contributed by atoms with Crippen molar-refractivity contribution in [3.8, 4) is 11.5 Å². The van der Waals surface area contributed by atoms with Gasteiger partial charge in [-0.25, -0.2) is 0 Å². The van der Waals surface area contributed by atoms with Crippen molar-refractivity contribution >= 4 is 5.91 Å². The Morgan fingerprint density at radius 1 is 1.12 bits per heavy atom. The van der Waals surface area contributed by atoms with Crippen molar-refractivity contribution in [3.05, 3.63) is 59.7 Å². The van der Waals surface area contributed by atoms with Crippen LogP contribution in [-0.2, 0) is 11.2 Å². The zero-order chi connectivity index (χ0) is 18.1. The van der Waals surface area contributed by atoms with Crippen molar-refractivity contribution in [2.45, 2.75) is 39.2 Å². The molecule has 0 bridgehead atoms. The van der Waals surface area contributed by atoms with Crippen LogP contribution in [0.3, 0.4) is 0 Å². The lowest BCUT2D eigenvalue weighted by atomic mass is 10.1. The molecule has 4 heteroatoms. The number of amides is 1. The van der Waals surface area contributed by atoms with E-state index in [1.165, 1.54) is 11.1 Å². The Morgan fingerprint density at radius 3 is 2.56 bits per heavy atom. The van der Waals surface area contributed by atoms with Crippen LogP contribution in [0.2, 0.25) is 0 Å². The Bertz CT molecular complexity index is 667. The van der Waals surface area contributed by atoms with Crippen LogP contribution in [0.5, 0.6) is 11.5 Å². The molecule has 2 aromatic carbocycles. The number of hydrogen-bond acceptors (Lipinski definition) is 3. The summed E-state index contributed by atoms with van der Waals surface area (Å²) in [4.78, 5) is 12.3. The van der Waals surface area contributed by atoms with Gasteiger partial charge in [-0.3, -0.25) is 4.79 Å². The number of rotatable bonds is 9.